The molecular formula is C41H79N3O12. The predicted molar refractivity (Wildman–Crippen MR) is 212 cm³/mol. The van der Waals surface area contributed by atoms with Crippen LogP contribution in [0.1, 0.15) is 108 Å². The number of cyclic esters (lactones) is 1. The van der Waals surface area contributed by atoms with Gasteiger partial charge in [0.05, 0.1) is 35.9 Å². The molecule has 8 unspecified atom stereocenters. The number of ether oxygens (including phenoxy) is 6. The highest BCUT2D eigenvalue weighted by Crippen LogP contribution is 2.43. The second kappa shape index (κ2) is 20.0. The van der Waals surface area contributed by atoms with Crippen molar-refractivity contribution in [2.45, 2.75) is 198 Å². The van der Waals surface area contributed by atoms with Crippen LogP contribution in [0, 0.1) is 17.8 Å². The van der Waals surface area contributed by atoms with Crippen LogP contribution in [0.5, 0.6) is 0 Å². The Kier molecular flexibility index (Phi) is 17.6. The largest absolute Gasteiger partial charge is 0.459 e. The third-order valence-corrected chi connectivity index (χ3v) is 13.0. The van der Waals surface area contributed by atoms with Crippen LogP contribution in [0.25, 0.3) is 0 Å². The van der Waals surface area contributed by atoms with Crippen molar-refractivity contribution in [2.24, 2.45) is 17.8 Å². The Morgan fingerprint density at radius 1 is 0.964 bits per heavy atom. The van der Waals surface area contributed by atoms with Crippen LogP contribution in [-0.4, -0.2) is 167 Å². The number of likely N-dealkylation sites (N-methyl/N-ethyl adjacent to an activating group) is 1. The maximum Gasteiger partial charge on any atom is 0.311 e. The summed E-state index contributed by atoms with van der Waals surface area (Å²) in [6.07, 6.45) is -6.71. The number of aliphatic hydroxyl groups is 5. The summed E-state index contributed by atoms with van der Waals surface area (Å²) in [5.41, 5.74) is -5.95. The van der Waals surface area contributed by atoms with E-state index in [2.05, 4.69) is 10.6 Å². The summed E-state index contributed by atoms with van der Waals surface area (Å²) in [6.45, 7) is 20.9. The zero-order valence-electron chi connectivity index (χ0n) is 36.8. The Labute approximate surface area is 336 Å². The minimum Gasteiger partial charge on any atom is -0.459 e. The first-order chi connectivity index (χ1) is 25.9. The van der Waals surface area contributed by atoms with E-state index >= 15 is 0 Å². The molecule has 0 aromatic carbocycles. The molecule has 0 aromatic rings. The summed E-state index contributed by atoms with van der Waals surface area (Å²) in [4.78, 5) is 16.2. The summed E-state index contributed by atoms with van der Waals surface area (Å²) in [5, 5.41) is 65.8. The summed E-state index contributed by atoms with van der Waals surface area (Å²) in [5.74, 6) is -2.66. The van der Waals surface area contributed by atoms with Crippen LogP contribution in [0.2, 0.25) is 0 Å². The maximum atomic E-state index is 14.3. The number of esters is 1. The van der Waals surface area contributed by atoms with Crippen molar-refractivity contribution in [3.8, 4) is 0 Å². The lowest BCUT2D eigenvalue weighted by Gasteiger charge is -2.53. The van der Waals surface area contributed by atoms with Crippen molar-refractivity contribution >= 4 is 5.97 Å². The van der Waals surface area contributed by atoms with Gasteiger partial charge in [0.2, 0.25) is 0 Å². The van der Waals surface area contributed by atoms with Crippen LogP contribution in [0.4, 0.5) is 0 Å². The van der Waals surface area contributed by atoms with Crippen LogP contribution < -0.4 is 10.6 Å². The molecule has 0 saturated carbocycles. The molecule has 15 nitrogen and oxygen atoms in total. The molecule has 0 amide bonds. The average Bonchev–Trinajstić information content (AvgIpc) is 3.12. The van der Waals surface area contributed by atoms with Crippen molar-refractivity contribution in [1.29, 1.82) is 0 Å². The molecule has 3 saturated heterocycles. The lowest BCUT2D eigenvalue weighted by atomic mass is 9.75. The lowest BCUT2D eigenvalue weighted by molar-refractivity contribution is -0.336. The summed E-state index contributed by atoms with van der Waals surface area (Å²) >= 11 is 0. The molecule has 3 fully saturated rings. The highest BCUT2D eigenvalue weighted by atomic mass is 16.7. The standard InChI is InChI=1S/C41H79N3O12/c1-15-17-42-22-41(50)28(8)53-31(20-39(41,10)51-14)55-33-25(5)35(56-37-32(45)29(44(12)13)18-24(4)52-37)38(9,48)19-23(3)21-43-27(7)34(46)40(11,49)30(16-2)54-36(47)26(33)6/h23-35,37,42-43,45-46,48-50H,15-22H2,1-14H3/t23?,24-,25+,26?,27-,28?,29+,30?,31+,32?,33?,34?,35?,37+,38-,39-,40-,41+/m1/s1. The van der Waals surface area contributed by atoms with Gasteiger partial charge in [0.15, 0.2) is 12.6 Å². The van der Waals surface area contributed by atoms with E-state index in [4.69, 9.17) is 28.4 Å². The van der Waals surface area contributed by atoms with Gasteiger partial charge in [0.1, 0.15) is 35.1 Å². The van der Waals surface area contributed by atoms with Crippen LogP contribution in [-0.2, 0) is 33.2 Å². The zero-order valence-corrected chi connectivity index (χ0v) is 36.8. The highest BCUT2D eigenvalue weighted by molar-refractivity contribution is 5.73. The number of rotatable bonds is 11. The van der Waals surface area contributed by atoms with Crippen molar-refractivity contribution in [2.75, 3.05) is 40.8 Å². The molecule has 3 aliphatic rings. The molecule has 18 atom stereocenters. The Balaban J connectivity index is 2.16. The summed E-state index contributed by atoms with van der Waals surface area (Å²) in [7, 11) is 5.31. The van der Waals surface area contributed by atoms with Gasteiger partial charge in [-0.1, -0.05) is 27.7 Å². The van der Waals surface area contributed by atoms with Gasteiger partial charge in [-0.25, -0.2) is 0 Å². The monoisotopic (exact) mass is 806 g/mol. The van der Waals surface area contributed by atoms with Crippen LogP contribution in [0.3, 0.4) is 0 Å². The van der Waals surface area contributed by atoms with Gasteiger partial charge in [0, 0.05) is 38.1 Å². The molecule has 3 aliphatic heterocycles. The SMILES string of the molecule is CCCNC[C@]1(O)C(C)O[C@@H](OC2C(C)C(=O)OC(CC)[C@@](C)(O)C(O)[C@@H](C)NCC(C)C[C@@](C)(O)C(O[C@@H]3O[C@H](C)C[C@H](N(C)C)C3O)[C@H]2C)C[C@@]1(C)OC. The van der Waals surface area contributed by atoms with Crippen LogP contribution in [0.15, 0.2) is 0 Å². The van der Waals surface area contributed by atoms with Crippen LogP contribution >= 0.6 is 0 Å². The van der Waals surface area contributed by atoms with E-state index in [-0.39, 0.29) is 43.9 Å². The summed E-state index contributed by atoms with van der Waals surface area (Å²) in [6, 6.07) is -0.877. The molecular weight excluding hydrogens is 726 g/mol. The molecule has 3 heterocycles. The second-order valence-electron chi connectivity index (χ2n) is 18.2. The van der Waals surface area contributed by atoms with Crippen molar-refractivity contribution in [3.63, 3.8) is 0 Å². The number of carbonyl (C=O) groups is 1. The molecule has 0 aromatic heterocycles. The molecule has 15 heteroatoms. The molecule has 330 valence electrons. The molecule has 56 heavy (non-hydrogen) atoms. The lowest BCUT2D eigenvalue weighted by Crippen LogP contribution is -2.70. The fraction of sp³-hybridized carbons (Fsp3) is 0.976. The van der Waals surface area contributed by atoms with Gasteiger partial charge >= 0.3 is 5.97 Å². The molecule has 0 bridgehead atoms. The molecule has 7 N–H and O–H groups in total. The quantitative estimate of drug-likeness (QED) is 0.118. The molecule has 3 rings (SSSR count). The van der Waals surface area contributed by atoms with E-state index in [0.29, 0.717) is 19.5 Å². The van der Waals surface area contributed by atoms with Gasteiger partial charge in [0.25, 0.3) is 0 Å². The van der Waals surface area contributed by atoms with Crippen molar-refractivity contribution in [3.05, 3.63) is 0 Å². The van der Waals surface area contributed by atoms with E-state index in [1.165, 1.54) is 14.0 Å². The van der Waals surface area contributed by atoms with Crippen molar-refractivity contribution < 1.29 is 58.7 Å². The predicted octanol–water partition coefficient (Wildman–Crippen LogP) is 1.93. The zero-order chi connectivity index (χ0) is 42.6. The number of methoxy groups -OCH3 is 1. The number of nitrogens with zero attached hydrogens (tertiary/aromatic N) is 1. The van der Waals surface area contributed by atoms with E-state index in [0.717, 1.165) is 6.42 Å². The van der Waals surface area contributed by atoms with Gasteiger partial charge in [-0.3, -0.25) is 4.79 Å². The molecule has 0 aliphatic carbocycles. The maximum absolute atomic E-state index is 14.3. The summed E-state index contributed by atoms with van der Waals surface area (Å²) < 4.78 is 38.3. The third-order valence-electron chi connectivity index (χ3n) is 13.0. The Morgan fingerprint density at radius 2 is 1.61 bits per heavy atom. The third kappa shape index (κ3) is 11.0. The average molecular weight is 806 g/mol. The number of hydrogen-bond acceptors (Lipinski definition) is 15. The van der Waals surface area contributed by atoms with E-state index in [9.17, 15) is 30.3 Å². The number of nitrogens with one attached hydrogen (secondary N) is 2. The normalized spacial score (nSPS) is 47.9. The number of carbonyl (C=O) groups excluding carboxylic acids is 1. The number of aliphatic hydroxyl groups excluding tert-OH is 2. The smallest absolute Gasteiger partial charge is 0.311 e. The van der Waals surface area contributed by atoms with E-state index < -0.39 is 95.5 Å². The van der Waals surface area contributed by atoms with E-state index in [1.807, 2.05) is 53.6 Å². The Hall–Kier alpha value is -1.05. The first-order valence-corrected chi connectivity index (χ1v) is 20.9. The highest BCUT2D eigenvalue weighted by Gasteiger charge is 2.58. The fourth-order valence-corrected chi connectivity index (χ4v) is 9.21. The van der Waals surface area contributed by atoms with Gasteiger partial charge in [-0.15, -0.1) is 0 Å². The fourth-order valence-electron chi connectivity index (χ4n) is 9.21. The second-order valence-corrected chi connectivity index (χ2v) is 18.2. The first kappa shape index (κ1) is 49.3. The van der Waals surface area contributed by atoms with Gasteiger partial charge in [-0.05, 0) is 107 Å². The van der Waals surface area contributed by atoms with Gasteiger partial charge < -0.3 is 69.5 Å². The first-order valence-electron chi connectivity index (χ1n) is 20.9. The molecule has 0 radical (unpaired) electrons. The molecule has 0 spiro atoms. The van der Waals surface area contributed by atoms with Crippen molar-refractivity contribution in [1.82, 2.24) is 15.5 Å². The van der Waals surface area contributed by atoms with E-state index in [1.54, 1.807) is 34.6 Å². The van der Waals surface area contributed by atoms with Gasteiger partial charge in [-0.2, -0.15) is 0 Å². The number of hydrogen-bond donors (Lipinski definition) is 7. The minimum absolute atomic E-state index is 0.0939. The Bertz CT molecular complexity index is 1230. The topological polar surface area (TPSA) is 201 Å². The Morgan fingerprint density at radius 3 is 2.18 bits per heavy atom. The minimum atomic E-state index is -1.81.